The summed E-state index contributed by atoms with van der Waals surface area (Å²) in [6, 6.07) is 0. The zero-order valence-electron chi connectivity index (χ0n) is 18.5. The van der Waals surface area contributed by atoms with E-state index >= 15 is 0 Å². The SMILES string of the molecule is CC(C)CCCCC1CC[C@H]2C3CC=C4CC(O)CCC4(C)C3CCC12C. The molecule has 1 heteroatoms. The Morgan fingerprint density at radius 2 is 1.85 bits per heavy atom. The van der Waals surface area contributed by atoms with Crippen LogP contribution in [0.2, 0.25) is 0 Å². The quantitative estimate of drug-likeness (QED) is 0.401. The molecule has 0 aliphatic heterocycles. The summed E-state index contributed by atoms with van der Waals surface area (Å²) in [5, 5.41) is 10.2. The summed E-state index contributed by atoms with van der Waals surface area (Å²) < 4.78 is 0. The Bertz CT molecular complexity index is 563. The highest BCUT2D eigenvalue weighted by Gasteiger charge is 2.58. The second-order valence-electron chi connectivity index (χ2n) is 11.7. The van der Waals surface area contributed by atoms with Crippen molar-refractivity contribution in [3.05, 3.63) is 11.6 Å². The maximum atomic E-state index is 10.2. The molecule has 0 aromatic rings. The van der Waals surface area contributed by atoms with E-state index in [0.29, 0.717) is 10.8 Å². The smallest absolute Gasteiger partial charge is 0.0577 e. The molecule has 6 unspecified atom stereocenters. The van der Waals surface area contributed by atoms with Gasteiger partial charge >= 0.3 is 0 Å². The lowest BCUT2D eigenvalue weighted by Crippen LogP contribution is -2.50. The lowest BCUT2D eigenvalue weighted by molar-refractivity contribution is -0.0508. The number of aliphatic hydroxyl groups is 1. The Morgan fingerprint density at radius 1 is 1.04 bits per heavy atom. The molecule has 0 bridgehead atoms. The van der Waals surface area contributed by atoms with Gasteiger partial charge in [-0.2, -0.15) is 0 Å². The number of fused-ring (bicyclic) bond motifs is 5. The van der Waals surface area contributed by atoms with E-state index in [0.717, 1.165) is 42.4 Å². The molecular formula is C26H44O. The average Bonchev–Trinajstić information content (AvgIpc) is 2.96. The van der Waals surface area contributed by atoms with Crippen molar-refractivity contribution in [3.63, 3.8) is 0 Å². The summed E-state index contributed by atoms with van der Waals surface area (Å²) in [5.74, 6) is 4.64. The highest BCUT2D eigenvalue weighted by Crippen LogP contribution is 2.66. The van der Waals surface area contributed by atoms with Gasteiger partial charge in [0.1, 0.15) is 0 Å². The van der Waals surface area contributed by atoms with Crippen LogP contribution in [0.5, 0.6) is 0 Å². The van der Waals surface area contributed by atoms with Crippen LogP contribution in [-0.4, -0.2) is 11.2 Å². The second-order valence-corrected chi connectivity index (χ2v) is 11.7. The zero-order chi connectivity index (χ0) is 19.2. The molecular weight excluding hydrogens is 328 g/mol. The number of hydrogen-bond acceptors (Lipinski definition) is 1. The maximum absolute atomic E-state index is 10.2. The van der Waals surface area contributed by atoms with Crippen molar-refractivity contribution in [2.24, 2.45) is 40.4 Å². The molecule has 154 valence electrons. The van der Waals surface area contributed by atoms with Crippen molar-refractivity contribution in [2.45, 2.75) is 111 Å². The molecule has 0 radical (unpaired) electrons. The van der Waals surface area contributed by atoms with Crippen LogP contribution >= 0.6 is 0 Å². The lowest BCUT2D eigenvalue weighted by atomic mass is 9.47. The van der Waals surface area contributed by atoms with Crippen LogP contribution < -0.4 is 0 Å². The molecule has 1 N–H and O–H groups in total. The van der Waals surface area contributed by atoms with Gasteiger partial charge in [0.05, 0.1) is 6.10 Å². The minimum absolute atomic E-state index is 0.0727. The van der Waals surface area contributed by atoms with Crippen molar-refractivity contribution in [3.8, 4) is 0 Å². The van der Waals surface area contributed by atoms with E-state index in [2.05, 4.69) is 33.8 Å². The number of hydrogen-bond donors (Lipinski definition) is 1. The standard InChI is InChI=1S/C26H44O/c1-18(2)7-5-6-8-19-10-12-23-22-11-9-20-17-21(27)13-15-26(20,4)24(22)14-16-25(19,23)3/h9,18-19,21-24,27H,5-8,10-17H2,1-4H3/t19?,21?,22?,23-,24?,25?,26?/m0/s1. The third-order valence-electron chi connectivity index (χ3n) is 9.86. The van der Waals surface area contributed by atoms with Gasteiger partial charge in [0.25, 0.3) is 0 Å². The van der Waals surface area contributed by atoms with Gasteiger partial charge < -0.3 is 5.11 Å². The number of allylic oxidation sites excluding steroid dienone is 1. The van der Waals surface area contributed by atoms with E-state index in [1.54, 1.807) is 5.57 Å². The van der Waals surface area contributed by atoms with Crippen LogP contribution in [0, 0.1) is 40.4 Å². The van der Waals surface area contributed by atoms with Gasteiger partial charge in [0, 0.05) is 0 Å². The summed E-state index contributed by atoms with van der Waals surface area (Å²) >= 11 is 0. The van der Waals surface area contributed by atoms with Gasteiger partial charge in [0.2, 0.25) is 0 Å². The first-order valence-corrected chi connectivity index (χ1v) is 12.2. The molecule has 7 atom stereocenters. The number of aliphatic hydroxyl groups excluding tert-OH is 1. The second kappa shape index (κ2) is 7.51. The van der Waals surface area contributed by atoms with Crippen LogP contribution in [0.15, 0.2) is 11.6 Å². The van der Waals surface area contributed by atoms with E-state index in [9.17, 15) is 5.11 Å². The van der Waals surface area contributed by atoms with Crippen LogP contribution in [0.1, 0.15) is 105 Å². The van der Waals surface area contributed by atoms with Crippen molar-refractivity contribution >= 4 is 0 Å². The highest BCUT2D eigenvalue weighted by molar-refractivity contribution is 5.25. The van der Waals surface area contributed by atoms with E-state index in [-0.39, 0.29) is 6.10 Å². The molecule has 4 rings (SSSR count). The molecule has 3 fully saturated rings. The third-order valence-corrected chi connectivity index (χ3v) is 9.86. The fourth-order valence-corrected chi connectivity index (χ4v) is 8.17. The molecule has 0 spiro atoms. The summed E-state index contributed by atoms with van der Waals surface area (Å²) in [6.07, 6.45) is 18.7. The predicted molar refractivity (Wildman–Crippen MR) is 115 cm³/mol. The Labute approximate surface area is 168 Å². The highest BCUT2D eigenvalue weighted by atomic mass is 16.3. The fourth-order valence-electron chi connectivity index (χ4n) is 8.17. The van der Waals surface area contributed by atoms with Gasteiger partial charge in [0.15, 0.2) is 0 Å². The Kier molecular flexibility index (Phi) is 5.56. The third kappa shape index (κ3) is 3.45. The van der Waals surface area contributed by atoms with E-state index in [4.69, 9.17) is 0 Å². The predicted octanol–water partition coefficient (Wildman–Crippen LogP) is 7.14. The summed E-state index contributed by atoms with van der Waals surface area (Å²) in [7, 11) is 0. The first-order valence-electron chi connectivity index (χ1n) is 12.2. The average molecular weight is 373 g/mol. The summed E-state index contributed by atoms with van der Waals surface area (Å²) in [6.45, 7) is 9.97. The van der Waals surface area contributed by atoms with Gasteiger partial charge in [-0.25, -0.2) is 0 Å². The molecule has 27 heavy (non-hydrogen) atoms. The molecule has 0 saturated heterocycles. The zero-order valence-corrected chi connectivity index (χ0v) is 18.5. The van der Waals surface area contributed by atoms with Crippen LogP contribution in [0.3, 0.4) is 0 Å². The van der Waals surface area contributed by atoms with Crippen molar-refractivity contribution in [1.82, 2.24) is 0 Å². The van der Waals surface area contributed by atoms with Crippen LogP contribution in [0.25, 0.3) is 0 Å². The Hall–Kier alpha value is -0.300. The minimum atomic E-state index is -0.0727. The first kappa shape index (κ1) is 20.0. The van der Waals surface area contributed by atoms with E-state index < -0.39 is 0 Å². The first-order chi connectivity index (χ1) is 12.8. The number of unbranched alkanes of at least 4 members (excludes halogenated alkanes) is 1. The maximum Gasteiger partial charge on any atom is 0.0577 e. The lowest BCUT2D eigenvalue weighted by Gasteiger charge is -2.58. The normalized spacial score (nSPS) is 46.6. The molecule has 4 aliphatic carbocycles. The van der Waals surface area contributed by atoms with Crippen LogP contribution in [0.4, 0.5) is 0 Å². The van der Waals surface area contributed by atoms with E-state index in [1.807, 2.05) is 0 Å². The minimum Gasteiger partial charge on any atom is -0.393 e. The van der Waals surface area contributed by atoms with Gasteiger partial charge in [-0.05, 0) is 98.2 Å². The molecule has 0 aromatic carbocycles. The molecule has 0 amide bonds. The van der Waals surface area contributed by atoms with Gasteiger partial charge in [-0.1, -0.05) is 58.6 Å². The summed E-state index contributed by atoms with van der Waals surface area (Å²) in [5.41, 5.74) is 2.64. The van der Waals surface area contributed by atoms with E-state index in [1.165, 1.54) is 64.2 Å². The number of rotatable bonds is 5. The molecule has 3 saturated carbocycles. The molecule has 1 nitrogen and oxygen atoms in total. The van der Waals surface area contributed by atoms with Gasteiger partial charge in [-0.3, -0.25) is 0 Å². The largest absolute Gasteiger partial charge is 0.393 e. The Morgan fingerprint density at radius 3 is 2.63 bits per heavy atom. The summed E-state index contributed by atoms with van der Waals surface area (Å²) in [4.78, 5) is 0. The fraction of sp³-hybridized carbons (Fsp3) is 0.923. The Balaban J connectivity index is 1.46. The van der Waals surface area contributed by atoms with Crippen LogP contribution in [-0.2, 0) is 0 Å². The van der Waals surface area contributed by atoms with Gasteiger partial charge in [-0.15, -0.1) is 0 Å². The topological polar surface area (TPSA) is 20.2 Å². The molecule has 0 aromatic heterocycles. The van der Waals surface area contributed by atoms with Crippen molar-refractivity contribution in [1.29, 1.82) is 0 Å². The molecule has 4 aliphatic rings. The van der Waals surface area contributed by atoms with Crippen molar-refractivity contribution in [2.75, 3.05) is 0 Å². The monoisotopic (exact) mass is 372 g/mol. The molecule has 0 heterocycles. The van der Waals surface area contributed by atoms with Crippen molar-refractivity contribution < 1.29 is 5.11 Å².